The van der Waals surface area contributed by atoms with Crippen LogP contribution in [0.15, 0.2) is 35.8 Å². The molecular formula is C15H15BrN2OS. The quantitative estimate of drug-likeness (QED) is 0.604. The van der Waals surface area contributed by atoms with Gasteiger partial charge in [0.25, 0.3) is 0 Å². The minimum atomic E-state index is 0.486. The van der Waals surface area contributed by atoms with Crippen molar-refractivity contribution in [1.82, 2.24) is 9.38 Å². The lowest BCUT2D eigenvalue weighted by molar-refractivity contribution is 0.461. The lowest BCUT2D eigenvalue weighted by atomic mass is 10.0. The van der Waals surface area contributed by atoms with E-state index in [-0.39, 0.29) is 0 Å². The van der Waals surface area contributed by atoms with Crippen LogP contribution in [0, 0.1) is 0 Å². The van der Waals surface area contributed by atoms with Crippen molar-refractivity contribution in [3.05, 3.63) is 47.1 Å². The number of benzene rings is 1. The highest BCUT2D eigenvalue weighted by atomic mass is 79.9. The smallest absolute Gasteiger partial charge is 0.243 e. The number of alkyl halides is 1. The van der Waals surface area contributed by atoms with Crippen molar-refractivity contribution in [3.63, 3.8) is 0 Å². The maximum atomic E-state index is 5.98. The third-order valence-corrected chi connectivity index (χ3v) is 4.48. The molecule has 0 aliphatic rings. The highest BCUT2D eigenvalue weighted by molar-refractivity contribution is 9.08. The topological polar surface area (TPSA) is 26.5 Å². The largest absolute Gasteiger partial charge is 0.437 e. The zero-order valence-corrected chi connectivity index (χ0v) is 13.7. The van der Waals surface area contributed by atoms with Crippen LogP contribution in [-0.2, 0) is 5.33 Å². The van der Waals surface area contributed by atoms with Gasteiger partial charge in [0.1, 0.15) is 5.75 Å². The SMILES string of the molecule is CC(C)c1cccc(Oc2nc3sccn3c2CBr)c1. The van der Waals surface area contributed by atoms with E-state index in [1.807, 2.05) is 23.7 Å². The van der Waals surface area contributed by atoms with E-state index in [0.29, 0.717) is 17.1 Å². The van der Waals surface area contributed by atoms with Gasteiger partial charge >= 0.3 is 0 Å². The Morgan fingerprint density at radius 2 is 2.25 bits per heavy atom. The molecule has 0 atom stereocenters. The first kappa shape index (κ1) is 13.6. The van der Waals surface area contributed by atoms with Crippen molar-refractivity contribution in [1.29, 1.82) is 0 Å². The lowest BCUT2D eigenvalue weighted by Crippen LogP contribution is -1.92. The molecule has 3 nitrogen and oxygen atoms in total. The van der Waals surface area contributed by atoms with Crippen molar-refractivity contribution in [3.8, 4) is 11.6 Å². The Morgan fingerprint density at radius 1 is 1.40 bits per heavy atom. The van der Waals surface area contributed by atoms with Gasteiger partial charge in [-0.3, -0.25) is 4.40 Å². The summed E-state index contributed by atoms with van der Waals surface area (Å²) in [7, 11) is 0. The normalized spacial score (nSPS) is 11.4. The van der Waals surface area contributed by atoms with Crippen molar-refractivity contribution in [2.75, 3.05) is 0 Å². The van der Waals surface area contributed by atoms with Crippen molar-refractivity contribution in [2.45, 2.75) is 25.1 Å². The fourth-order valence-corrected chi connectivity index (χ4v) is 3.30. The van der Waals surface area contributed by atoms with Crippen molar-refractivity contribution >= 4 is 32.2 Å². The number of fused-ring (bicyclic) bond motifs is 1. The number of thiazole rings is 1. The number of halogens is 1. The zero-order valence-electron chi connectivity index (χ0n) is 11.3. The fourth-order valence-electron chi connectivity index (χ4n) is 2.06. The molecule has 0 saturated carbocycles. The third kappa shape index (κ3) is 2.47. The Labute approximate surface area is 130 Å². The molecule has 5 heteroatoms. The van der Waals surface area contributed by atoms with Crippen LogP contribution in [0.2, 0.25) is 0 Å². The third-order valence-electron chi connectivity index (χ3n) is 3.19. The monoisotopic (exact) mass is 350 g/mol. The predicted octanol–water partition coefficient (Wildman–Crippen LogP) is 5.21. The number of hydrogen-bond acceptors (Lipinski definition) is 3. The van der Waals surface area contributed by atoms with Crippen molar-refractivity contribution < 1.29 is 4.74 Å². The first-order valence-corrected chi connectivity index (χ1v) is 8.47. The number of aromatic nitrogens is 2. The Kier molecular flexibility index (Phi) is 3.81. The van der Waals surface area contributed by atoms with Crippen LogP contribution < -0.4 is 4.74 Å². The minimum absolute atomic E-state index is 0.486. The van der Waals surface area contributed by atoms with Gasteiger partial charge in [-0.1, -0.05) is 41.9 Å². The van der Waals surface area contributed by atoms with E-state index in [4.69, 9.17) is 4.74 Å². The highest BCUT2D eigenvalue weighted by Gasteiger charge is 2.14. The van der Waals surface area contributed by atoms with Crippen LogP contribution >= 0.6 is 27.3 Å². The summed E-state index contributed by atoms with van der Waals surface area (Å²) in [6.45, 7) is 4.35. The molecule has 0 amide bonds. The standard InChI is InChI=1S/C15H15BrN2OS/c1-10(2)11-4-3-5-12(8-11)19-14-13(9-16)18-6-7-20-15(18)17-14/h3-8,10H,9H2,1-2H3. The summed E-state index contributed by atoms with van der Waals surface area (Å²) in [5, 5.41) is 2.74. The molecule has 0 saturated heterocycles. The summed E-state index contributed by atoms with van der Waals surface area (Å²) in [6, 6.07) is 8.19. The Hall–Kier alpha value is -1.33. The van der Waals surface area contributed by atoms with E-state index in [1.165, 1.54) is 5.56 Å². The van der Waals surface area contributed by atoms with Gasteiger partial charge < -0.3 is 4.74 Å². The van der Waals surface area contributed by atoms with Crippen LogP contribution in [-0.4, -0.2) is 9.38 Å². The van der Waals surface area contributed by atoms with Crippen LogP contribution in [0.3, 0.4) is 0 Å². The molecule has 3 aromatic rings. The molecule has 0 N–H and O–H groups in total. The lowest BCUT2D eigenvalue weighted by Gasteiger charge is -2.09. The molecule has 0 aliphatic carbocycles. The second-order valence-electron chi connectivity index (χ2n) is 4.88. The second kappa shape index (κ2) is 5.58. The summed E-state index contributed by atoms with van der Waals surface area (Å²) in [6.07, 6.45) is 2.01. The Balaban J connectivity index is 1.96. The molecular weight excluding hydrogens is 336 g/mol. The van der Waals surface area contributed by atoms with Gasteiger partial charge in [0.15, 0.2) is 4.96 Å². The van der Waals surface area contributed by atoms with Gasteiger partial charge in [0, 0.05) is 16.9 Å². The van der Waals surface area contributed by atoms with Crippen LogP contribution in [0.1, 0.15) is 31.0 Å². The Bertz CT molecular complexity index is 732. The number of ether oxygens (including phenoxy) is 1. The number of nitrogens with zero attached hydrogens (tertiary/aromatic N) is 2. The van der Waals surface area contributed by atoms with Crippen molar-refractivity contribution in [2.24, 2.45) is 0 Å². The first-order valence-electron chi connectivity index (χ1n) is 6.47. The average Bonchev–Trinajstić information content (AvgIpc) is 2.99. The minimum Gasteiger partial charge on any atom is -0.437 e. The summed E-state index contributed by atoms with van der Waals surface area (Å²) in [5.41, 5.74) is 2.31. The number of hydrogen-bond donors (Lipinski definition) is 0. The van der Waals surface area contributed by atoms with Crippen LogP contribution in [0.25, 0.3) is 4.96 Å². The zero-order chi connectivity index (χ0) is 14.1. The van der Waals surface area contributed by atoms with Gasteiger partial charge in [0.2, 0.25) is 5.88 Å². The maximum absolute atomic E-state index is 5.98. The molecule has 1 aromatic carbocycles. The first-order chi connectivity index (χ1) is 9.69. The van der Waals surface area contributed by atoms with Gasteiger partial charge in [-0.05, 0) is 23.6 Å². The van der Waals surface area contributed by atoms with Crippen LogP contribution in [0.5, 0.6) is 11.6 Å². The van der Waals surface area contributed by atoms with E-state index >= 15 is 0 Å². The second-order valence-corrected chi connectivity index (χ2v) is 6.32. The molecule has 2 heterocycles. The molecule has 0 bridgehead atoms. The molecule has 20 heavy (non-hydrogen) atoms. The average molecular weight is 351 g/mol. The number of imidazole rings is 1. The Morgan fingerprint density at radius 3 is 3.00 bits per heavy atom. The van der Waals surface area contributed by atoms with E-state index in [0.717, 1.165) is 16.4 Å². The van der Waals surface area contributed by atoms with E-state index in [1.54, 1.807) is 11.3 Å². The van der Waals surface area contributed by atoms with Crippen LogP contribution in [0.4, 0.5) is 0 Å². The molecule has 2 aromatic heterocycles. The molecule has 0 radical (unpaired) electrons. The molecule has 0 fully saturated rings. The molecule has 3 rings (SSSR count). The fraction of sp³-hybridized carbons (Fsp3) is 0.267. The molecule has 0 aliphatic heterocycles. The molecule has 0 unspecified atom stereocenters. The summed E-state index contributed by atoms with van der Waals surface area (Å²) in [5.74, 6) is 2.00. The predicted molar refractivity (Wildman–Crippen MR) is 86.3 cm³/mol. The van der Waals surface area contributed by atoms with Gasteiger partial charge in [-0.2, -0.15) is 4.98 Å². The molecule has 0 spiro atoms. The van der Waals surface area contributed by atoms with Gasteiger partial charge in [-0.15, -0.1) is 11.3 Å². The summed E-state index contributed by atoms with van der Waals surface area (Å²) >= 11 is 5.12. The highest BCUT2D eigenvalue weighted by Crippen LogP contribution is 2.30. The van der Waals surface area contributed by atoms with E-state index < -0.39 is 0 Å². The number of rotatable bonds is 4. The molecule has 104 valence electrons. The summed E-state index contributed by atoms with van der Waals surface area (Å²) in [4.78, 5) is 5.50. The van der Waals surface area contributed by atoms with Gasteiger partial charge in [-0.25, -0.2) is 0 Å². The maximum Gasteiger partial charge on any atom is 0.243 e. The van der Waals surface area contributed by atoms with E-state index in [2.05, 4.69) is 51.3 Å². The van der Waals surface area contributed by atoms with Gasteiger partial charge in [0.05, 0.1) is 5.69 Å². The summed E-state index contributed by atoms with van der Waals surface area (Å²) < 4.78 is 8.04. The van der Waals surface area contributed by atoms with E-state index in [9.17, 15) is 0 Å².